The van der Waals surface area contributed by atoms with Gasteiger partial charge in [0, 0.05) is 13.0 Å². The average Bonchev–Trinajstić information content (AvgIpc) is 2.70. The molecule has 0 radical (unpaired) electrons. The van der Waals surface area contributed by atoms with Crippen LogP contribution in [0.25, 0.3) is 0 Å². The lowest BCUT2D eigenvalue weighted by molar-refractivity contribution is -0.138. The van der Waals surface area contributed by atoms with Crippen molar-refractivity contribution in [2.24, 2.45) is 0 Å². The lowest BCUT2D eigenvalue weighted by Crippen LogP contribution is -2.44. The second-order valence-electron chi connectivity index (χ2n) is 3.29. The molecule has 1 heterocycles. The highest BCUT2D eigenvalue weighted by Crippen LogP contribution is 1.99. The SMILES string of the molecule is C[C@H](NC(=O)NCCc1ccco1)C(=O)O. The van der Waals surface area contributed by atoms with Crippen molar-refractivity contribution in [3.63, 3.8) is 0 Å². The summed E-state index contributed by atoms with van der Waals surface area (Å²) in [5.41, 5.74) is 0. The van der Waals surface area contributed by atoms with Crippen molar-refractivity contribution in [1.29, 1.82) is 0 Å². The van der Waals surface area contributed by atoms with Crippen molar-refractivity contribution in [3.8, 4) is 0 Å². The van der Waals surface area contributed by atoms with Crippen LogP contribution in [0.15, 0.2) is 22.8 Å². The topological polar surface area (TPSA) is 91.6 Å². The Balaban J connectivity index is 2.18. The lowest BCUT2D eigenvalue weighted by atomic mass is 10.3. The number of carbonyl (C=O) groups excluding carboxylic acids is 1. The zero-order valence-corrected chi connectivity index (χ0v) is 8.90. The number of furan rings is 1. The number of rotatable bonds is 5. The van der Waals surface area contributed by atoms with Gasteiger partial charge in [0.05, 0.1) is 6.26 Å². The quantitative estimate of drug-likeness (QED) is 0.685. The Morgan fingerprint density at radius 3 is 2.88 bits per heavy atom. The second kappa shape index (κ2) is 5.79. The summed E-state index contributed by atoms with van der Waals surface area (Å²) in [6, 6.07) is 2.17. The smallest absolute Gasteiger partial charge is 0.325 e. The Hall–Kier alpha value is -1.98. The van der Waals surface area contributed by atoms with Crippen LogP contribution in [0.3, 0.4) is 0 Å². The molecule has 0 fully saturated rings. The van der Waals surface area contributed by atoms with E-state index in [1.165, 1.54) is 6.92 Å². The third-order valence-corrected chi connectivity index (χ3v) is 1.96. The Morgan fingerprint density at radius 2 is 2.31 bits per heavy atom. The minimum atomic E-state index is -1.07. The molecule has 0 aliphatic heterocycles. The number of carboxylic acids is 1. The first-order valence-corrected chi connectivity index (χ1v) is 4.89. The van der Waals surface area contributed by atoms with Gasteiger partial charge in [-0.15, -0.1) is 0 Å². The first-order chi connectivity index (χ1) is 7.59. The number of urea groups is 1. The van der Waals surface area contributed by atoms with Crippen LogP contribution in [-0.2, 0) is 11.2 Å². The van der Waals surface area contributed by atoms with Crippen molar-refractivity contribution in [1.82, 2.24) is 10.6 Å². The van der Waals surface area contributed by atoms with Crippen LogP contribution in [0.1, 0.15) is 12.7 Å². The van der Waals surface area contributed by atoms with E-state index in [1.807, 2.05) is 0 Å². The molecule has 16 heavy (non-hydrogen) atoms. The lowest BCUT2D eigenvalue weighted by Gasteiger charge is -2.09. The van der Waals surface area contributed by atoms with E-state index < -0.39 is 18.0 Å². The van der Waals surface area contributed by atoms with E-state index in [0.29, 0.717) is 13.0 Å². The van der Waals surface area contributed by atoms with Gasteiger partial charge in [-0.3, -0.25) is 4.79 Å². The largest absolute Gasteiger partial charge is 0.480 e. The maximum atomic E-state index is 11.2. The number of carbonyl (C=O) groups is 2. The molecule has 0 aromatic carbocycles. The van der Waals surface area contributed by atoms with Crippen LogP contribution in [0.5, 0.6) is 0 Å². The summed E-state index contributed by atoms with van der Waals surface area (Å²) in [6.07, 6.45) is 2.13. The number of amides is 2. The minimum absolute atomic E-state index is 0.395. The van der Waals surface area contributed by atoms with Gasteiger partial charge >= 0.3 is 12.0 Å². The van der Waals surface area contributed by atoms with E-state index in [9.17, 15) is 9.59 Å². The van der Waals surface area contributed by atoms with E-state index >= 15 is 0 Å². The molecule has 0 spiro atoms. The molecule has 88 valence electrons. The summed E-state index contributed by atoms with van der Waals surface area (Å²) in [4.78, 5) is 21.6. The molecule has 0 saturated carbocycles. The zero-order chi connectivity index (χ0) is 12.0. The summed E-state index contributed by atoms with van der Waals surface area (Å²) < 4.78 is 5.07. The first kappa shape index (κ1) is 12.1. The molecule has 2 amide bonds. The molecule has 1 rings (SSSR count). The molecule has 1 atom stereocenters. The molecule has 0 unspecified atom stereocenters. The fraction of sp³-hybridized carbons (Fsp3) is 0.400. The number of hydrogen-bond acceptors (Lipinski definition) is 3. The Bertz CT molecular complexity index is 348. The van der Waals surface area contributed by atoms with Crippen LogP contribution in [0.4, 0.5) is 4.79 Å². The number of hydrogen-bond donors (Lipinski definition) is 3. The molecular formula is C10H14N2O4. The molecule has 3 N–H and O–H groups in total. The fourth-order valence-electron chi connectivity index (χ4n) is 1.06. The third-order valence-electron chi connectivity index (χ3n) is 1.96. The maximum absolute atomic E-state index is 11.2. The normalized spacial score (nSPS) is 11.8. The van der Waals surface area contributed by atoms with Crippen LogP contribution in [-0.4, -0.2) is 29.7 Å². The number of carboxylic acid groups (broad SMARTS) is 1. The van der Waals surface area contributed by atoms with Crippen molar-refractivity contribution >= 4 is 12.0 Å². The van der Waals surface area contributed by atoms with Crippen molar-refractivity contribution in [3.05, 3.63) is 24.2 Å². The van der Waals surface area contributed by atoms with Crippen molar-refractivity contribution < 1.29 is 19.1 Å². The highest BCUT2D eigenvalue weighted by Gasteiger charge is 2.12. The van der Waals surface area contributed by atoms with Gasteiger partial charge in [0.15, 0.2) is 0 Å². The first-order valence-electron chi connectivity index (χ1n) is 4.89. The fourth-order valence-corrected chi connectivity index (χ4v) is 1.06. The van der Waals surface area contributed by atoms with Gasteiger partial charge in [0.25, 0.3) is 0 Å². The predicted octanol–water partition coefficient (Wildman–Crippen LogP) is 0.594. The molecule has 1 aromatic rings. The summed E-state index contributed by atoms with van der Waals surface area (Å²) in [7, 11) is 0. The second-order valence-corrected chi connectivity index (χ2v) is 3.29. The number of nitrogens with one attached hydrogen (secondary N) is 2. The van der Waals surface area contributed by atoms with Crippen LogP contribution < -0.4 is 10.6 Å². The third kappa shape index (κ3) is 4.04. The monoisotopic (exact) mass is 226 g/mol. The van der Waals surface area contributed by atoms with Crippen LogP contribution in [0.2, 0.25) is 0 Å². The molecule has 6 nitrogen and oxygen atoms in total. The summed E-state index contributed by atoms with van der Waals surface area (Å²) in [5.74, 6) is -0.298. The number of aliphatic carboxylic acids is 1. The van der Waals surface area contributed by atoms with E-state index in [-0.39, 0.29) is 0 Å². The Morgan fingerprint density at radius 1 is 1.56 bits per heavy atom. The summed E-state index contributed by atoms with van der Waals surface area (Å²) in [6.45, 7) is 1.79. The van der Waals surface area contributed by atoms with Gasteiger partial charge in [-0.25, -0.2) is 4.79 Å². The Kier molecular flexibility index (Phi) is 4.38. The van der Waals surface area contributed by atoms with Crippen molar-refractivity contribution in [2.45, 2.75) is 19.4 Å². The standard InChI is InChI=1S/C10H14N2O4/c1-7(9(13)14)12-10(15)11-5-4-8-3-2-6-16-8/h2-3,6-7H,4-5H2,1H3,(H,13,14)(H2,11,12,15)/t7-/m0/s1. The van der Waals surface area contributed by atoms with E-state index in [0.717, 1.165) is 5.76 Å². The zero-order valence-electron chi connectivity index (χ0n) is 8.90. The van der Waals surface area contributed by atoms with E-state index in [1.54, 1.807) is 18.4 Å². The van der Waals surface area contributed by atoms with Gasteiger partial charge in [-0.2, -0.15) is 0 Å². The molecule has 1 aromatic heterocycles. The molecule has 0 saturated heterocycles. The van der Waals surface area contributed by atoms with Crippen molar-refractivity contribution in [2.75, 3.05) is 6.54 Å². The summed E-state index contributed by atoms with van der Waals surface area (Å²) in [5, 5.41) is 13.4. The highest BCUT2D eigenvalue weighted by molar-refractivity contribution is 5.82. The predicted molar refractivity (Wildman–Crippen MR) is 56.0 cm³/mol. The molecule has 0 bridgehead atoms. The molecule has 0 aliphatic rings. The maximum Gasteiger partial charge on any atom is 0.325 e. The molecule has 6 heteroatoms. The van der Waals surface area contributed by atoms with Gasteiger partial charge in [0.2, 0.25) is 0 Å². The average molecular weight is 226 g/mol. The van der Waals surface area contributed by atoms with Crippen LogP contribution >= 0.6 is 0 Å². The Labute approximate surface area is 92.6 Å². The van der Waals surface area contributed by atoms with Crippen LogP contribution in [0, 0.1) is 0 Å². The molecule has 0 aliphatic carbocycles. The van der Waals surface area contributed by atoms with E-state index in [4.69, 9.17) is 9.52 Å². The van der Waals surface area contributed by atoms with Gasteiger partial charge in [-0.1, -0.05) is 0 Å². The molecular weight excluding hydrogens is 212 g/mol. The highest BCUT2D eigenvalue weighted by atomic mass is 16.4. The van der Waals surface area contributed by atoms with Gasteiger partial charge < -0.3 is 20.2 Å². The van der Waals surface area contributed by atoms with Gasteiger partial charge in [0.1, 0.15) is 11.8 Å². The van der Waals surface area contributed by atoms with E-state index in [2.05, 4.69) is 10.6 Å². The van der Waals surface area contributed by atoms with Gasteiger partial charge in [-0.05, 0) is 19.1 Å². The minimum Gasteiger partial charge on any atom is -0.480 e. The summed E-state index contributed by atoms with van der Waals surface area (Å²) >= 11 is 0.